The lowest BCUT2D eigenvalue weighted by Crippen LogP contribution is -2.35. The Kier molecular flexibility index (Phi) is 2.82. The molecule has 0 bridgehead atoms. The van der Waals surface area contributed by atoms with Crippen LogP contribution >= 0.6 is 0 Å². The summed E-state index contributed by atoms with van der Waals surface area (Å²) in [5.74, 6) is 2.57. The topological polar surface area (TPSA) is 38.3 Å². The fraction of sp³-hybridized carbons (Fsp3) is 0.308. The average Bonchev–Trinajstić information content (AvgIpc) is 3.08. The summed E-state index contributed by atoms with van der Waals surface area (Å²) in [6, 6.07) is 9.53. The van der Waals surface area contributed by atoms with Crippen molar-refractivity contribution in [2.75, 3.05) is 0 Å². The summed E-state index contributed by atoms with van der Waals surface area (Å²) in [6.07, 6.45) is 6.53. The van der Waals surface area contributed by atoms with Crippen LogP contribution in [0.4, 0.5) is 4.79 Å². The molecule has 82 valence electrons. The van der Waals surface area contributed by atoms with E-state index in [9.17, 15) is 4.79 Å². The number of benzene rings is 1. The first-order valence-electron chi connectivity index (χ1n) is 5.21. The number of ether oxygens (including phenoxy) is 1. The molecule has 3 heteroatoms. The van der Waals surface area contributed by atoms with Gasteiger partial charge < -0.3 is 10.1 Å². The first-order valence-corrected chi connectivity index (χ1v) is 5.21. The number of amides is 1. The van der Waals surface area contributed by atoms with Crippen molar-refractivity contribution in [3.05, 3.63) is 35.9 Å². The molecule has 0 unspecified atom stereocenters. The highest BCUT2D eigenvalue weighted by atomic mass is 16.5. The van der Waals surface area contributed by atoms with Crippen LogP contribution in [0.3, 0.4) is 0 Å². The van der Waals surface area contributed by atoms with Crippen LogP contribution in [0.2, 0.25) is 0 Å². The zero-order valence-electron chi connectivity index (χ0n) is 8.90. The van der Waals surface area contributed by atoms with E-state index >= 15 is 0 Å². The number of carbonyl (C=O) groups is 1. The third-order valence-electron chi connectivity index (χ3n) is 2.58. The maximum atomic E-state index is 11.4. The molecule has 1 fully saturated rings. The molecule has 2 rings (SSSR count). The summed E-state index contributed by atoms with van der Waals surface area (Å²) in [7, 11) is 0. The van der Waals surface area contributed by atoms with E-state index in [0.29, 0.717) is 0 Å². The van der Waals surface area contributed by atoms with Crippen molar-refractivity contribution in [3.8, 4) is 12.3 Å². The van der Waals surface area contributed by atoms with Crippen LogP contribution in [0, 0.1) is 12.3 Å². The summed E-state index contributed by atoms with van der Waals surface area (Å²) in [5.41, 5.74) is 0.525. The Morgan fingerprint density at radius 1 is 1.44 bits per heavy atom. The largest absolute Gasteiger partial charge is 0.445 e. The second kappa shape index (κ2) is 4.28. The number of nitrogens with one attached hydrogen (secondary N) is 1. The summed E-state index contributed by atoms with van der Waals surface area (Å²) in [6.45, 7) is 0.271. The van der Waals surface area contributed by atoms with Gasteiger partial charge in [0.15, 0.2) is 0 Å². The molecular formula is C13H13NO2. The molecule has 0 spiro atoms. The quantitative estimate of drug-likeness (QED) is 0.784. The summed E-state index contributed by atoms with van der Waals surface area (Å²) in [5, 5.41) is 2.69. The molecule has 0 heterocycles. The molecule has 1 aliphatic carbocycles. The maximum absolute atomic E-state index is 11.4. The smallest absolute Gasteiger partial charge is 0.408 e. The van der Waals surface area contributed by atoms with Crippen LogP contribution in [0.15, 0.2) is 30.3 Å². The van der Waals surface area contributed by atoms with E-state index in [1.54, 1.807) is 0 Å². The molecule has 1 aliphatic rings. The van der Waals surface area contributed by atoms with Crippen molar-refractivity contribution in [1.82, 2.24) is 5.32 Å². The van der Waals surface area contributed by atoms with Gasteiger partial charge in [0.05, 0.1) is 0 Å². The van der Waals surface area contributed by atoms with Crippen LogP contribution in [-0.2, 0) is 11.3 Å². The van der Waals surface area contributed by atoms with Gasteiger partial charge in [0.1, 0.15) is 12.1 Å². The molecule has 3 nitrogen and oxygen atoms in total. The number of carbonyl (C=O) groups excluding carboxylic acids is 1. The van der Waals surface area contributed by atoms with Gasteiger partial charge in [-0.15, -0.1) is 6.42 Å². The lowest BCUT2D eigenvalue weighted by Gasteiger charge is -2.11. The fourth-order valence-electron chi connectivity index (χ4n) is 1.38. The highest BCUT2D eigenvalue weighted by Crippen LogP contribution is 2.34. The molecule has 1 aromatic carbocycles. The molecule has 0 radical (unpaired) electrons. The molecule has 0 aromatic heterocycles. The predicted octanol–water partition coefficient (Wildman–Crippen LogP) is 2.08. The normalized spacial score (nSPS) is 15.9. The Balaban J connectivity index is 1.79. The molecule has 0 aliphatic heterocycles. The van der Waals surface area contributed by atoms with E-state index in [-0.39, 0.29) is 6.61 Å². The van der Waals surface area contributed by atoms with E-state index in [2.05, 4.69) is 11.2 Å². The minimum atomic E-state index is -0.445. The Morgan fingerprint density at radius 2 is 2.12 bits per heavy atom. The molecule has 0 saturated heterocycles. The predicted molar refractivity (Wildman–Crippen MR) is 60.6 cm³/mol. The van der Waals surface area contributed by atoms with Crippen molar-refractivity contribution in [2.45, 2.75) is 25.0 Å². The first kappa shape index (κ1) is 10.6. The van der Waals surface area contributed by atoms with Gasteiger partial charge in [-0.05, 0) is 18.4 Å². The van der Waals surface area contributed by atoms with Crippen molar-refractivity contribution < 1.29 is 9.53 Å². The zero-order chi connectivity index (χ0) is 11.4. The zero-order valence-corrected chi connectivity index (χ0v) is 8.90. The summed E-state index contributed by atoms with van der Waals surface area (Å²) < 4.78 is 5.06. The van der Waals surface area contributed by atoms with E-state index in [4.69, 9.17) is 11.2 Å². The van der Waals surface area contributed by atoms with Gasteiger partial charge in [-0.2, -0.15) is 0 Å². The molecule has 0 atom stereocenters. The third kappa shape index (κ3) is 2.54. The highest BCUT2D eigenvalue weighted by molar-refractivity contribution is 5.70. The Hall–Kier alpha value is -1.95. The SMILES string of the molecule is C#CC1(NC(=O)OCc2ccccc2)CC1. The number of hydrogen-bond acceptors (Lipinski definition) is 2. The van der Waals surface area contributed by atoms with Gasteiger partial charge in [-0.25, -0.2) is 4.79 Å². The van der Waals surface area contributed by atoms with Gasteiger partial charge in [-0.3, -0.25) is 0 Å². The molecule has 1 aromatic rings. The molecule has 16 heavy (non-hydrogen) atoms. The molecular weight excluding hydrogens is 202 g/mol. The fourth-order valence-corrected chi connectivity index (χ4v) is 1.38. The Labute approximate surface area is 94.8 Å². The Morgan fingerprint density at radius 3 is 2.69 bits per heavy atom. The monoisotopic (exact) mass is 215 g/mol. The van der Waals surface area contributed by atoms with E-state index < -0.39 is 11.6 Å². The number of hydrogen-bond donors (Lipinski definition) is 1. The van der Waals surface area contributed by atoms with Crippen molar-refractivity contribution >= 4 is 6.09 Å². The van der Waals surface area contributed by atoms with E-state index in [0.717, 1.165) is 18.4 Å². The summed E-state index contributed by atoms with van der Waals surface area (Å²) in [4.78, 5) is 11.4. The number of alkyl carbamates (subject to hydrolysis) is 1. The van der Waals surface area contributed by atoms with Crippen molar-refractivity contribution in [3.63, 3.8) is 0 Å². The van der Waals surface area contributed by atoms with Gasteiger partial charge >= 0.3 is 6.09 Å². The minimum absolute atomic E-state index is 0.271. The van der Waals surface area contributed by atoms with E-state index in [1.165, 1.54) is 0 Å². The van der Waals surface area contributed by atoms with Crippen LogP contribution in [0.1, 0.15) is 18.4 Å². The minimum Gasteiger partial charge on any atom is -0.445 e. The maximum Gasteiger partial charge on any atom is 0.408 e. The second-order valence-corrected chi connectivity index (χ2v) is 3.91. The van der Waals surface area contributed by atoms with Gasteiger partial charge in [0.25, 0.3) is 0 Å². The van der Waals surface area contributed by atoms with E-state index in [1.807, 2.05) is 30.3 Å². The second-order valence-electron chi connectivity index (χ2n) is 3.91. The van der Waals surface area contributed by atoms with Gasteiger partial charge in [-0.1, -0.05) is 36.3 Å². The van der Waals surface area contributed by atoms with Crippen molar-refractivity contribution in [2.24, 2.45) is 0 Å². The lowest BCUT2D eigenvalue weighted by atomic mass is 10.2. The first-order chi connectivity index (χ1) is 7.74. The van der Waals surface area contributed by atoms with Gasteiger partial charge in [0.2, 0.25) is 0 Å². The molecule has 1 saturated carbocycles. The van der Waals surface area contributed by atoms with Crippen LogP contribution in [-0.4, -0.2) is 11.6 Å². The van der Waals surface area contributed by atoms with Crippen molar-refractivity contribution in [1.29, 1.82) is 0 Å². The number of terminal acetylenes is 1. The lowest BCUT2D eigenvalue weighted by molar-refractivity contribution is 0.137. The molecule has 1 amide bonds. The van der Waals surface area contributed by atoms with Crippen LogP contribution in [0.25, 0.3) is 0 Å². The third-order valence-corrected chi connectivity index (χ3v) is 2.58. The van der Waals surface area contributed by atoms with Crippen LogP contribution in [0.5, 0.6) is 0 Å². The molecule has 1 N–H and O–H groups in total. The average molecular weight is 215 g/mol. The van der Waals surface area contributed by atoms with Crippen LogP contribution < -0.4 is 5.32 Å². The standard InChI is InChI=1S/C13H13NO2/c1-2-13(8-9-13)14-12(15)16-10-11-6-4-3-5-7-11/h1,3-7H,8-10H2,(H,14,15). The highest BCUT2D eigenvalue weighted by Gasteiger charge is 2.42. The Bertz CT molecular complexity index is 415. The number of rotatable bonds is 3. The summed E-state index contributed by atoms with van der Waals surface area (Å²) >= 11 is 0. The van der Waals surface area contributed by atoms with Gasteiger partial charge in [0, 0.05) is 0 Å².